The quantitative estimate of drug-likeness (QED) is 0.458. The van der Waals surface area contributed by atoms with Crippen LogP contribution in [0.5, 0.6) is 11.5 Å². The molecule has 0 saturated carbocycles. The second-order valence-electron chi connectivity index (χ2n) is 7.00. The van der Waals surface area contributed by atoms with Gasteiger partial charge in [0.1, 0.15) is 18.1 Å². The second kappa shape index (κ2) is 8.27. The number of rotatable bonds is 6. The maximum Gasteiger partial charge on any atom is 0.368 e. The van der Waals surface area contributed by atoms with E-state index in [0.717, 1.165) is 21.8 Å². The number of hydrogen-bond acceptors (Lipinski definition) is 6. The van der Waals surface area contributed by atoms with E-state index >= 15 is 0 Å². The zero-order valence-corrected chi connectivity index (χ0v) is 18.3. The Morgan fingerprint density at radius 2 is 1.84 bits per heavy atom. The van der Waals surface area contributed by atoms with Gasteiger partial charge in [0.25, 0.3) is 0 Å². The van der Waals surface area contributed by atoms with Crippen LogP contribution in [0.4, 0.5) is 0 Å². The first-order chi connectivity index (χ1) is 14.9. The monoisotopic (exact) mass is 440 g/mol. The minimum absolute atomic E-state index is 0.112. The van der Waals surface area contributed by atoms with Crippen molar-refractivity contribution in [2.45, 2.75) is 20.5 Å². The molecule has 4 rings (SSSR count). The van der Waals surface area contributed by atoms with Crippen LogP contribution in [-0.2, 0) is 13.7 Å². The molecule has 0 fully saturated rings. The van der Waals surface area contributed by atoms with Crippen LogP contribution in [0.3, 0.4) is 0 Å². The van der Waals surface area contributed by atoms with Crippen LogP contribution in [0.25, 0.3) is 11.4 Å². The molecule has 10 heteroatoms. The predicted octanol–water partition coefficient (Wildman–Crippen LogP) is 3.01. The van der Waals surface area contributed by atoms with E-state index in [1.807, 2.05) is 30.7 Å². The lowest BCUT2D eigenvalue weighted by atomic mass is 10.1. The molecular formula is C21H21ClN6O3. The molecule has 0 saturated heterocycles. The lowest BCUT2D eigenvalue weighted by Gasteiger charge is -2.15. The molecule has 2 heterocycles. The third kappa shape index (κ3) is 3.91. The summed E-state index contributed by atoms with van der Waals surface area (Å²) in [6, 6.07) is 12.8. The summed E-state index contributed by atoms with van der Waals surface area (Å²) in [5.41, 5.74) is 3.57. The van der Waals surface area contributed by atoms with E-state index < -0.39 is 0 Å². The van der Waals surface area contributed by atoms with Crippen molar-refractivity contribution in [1.29, 1.82) is 0 Å². The summed E-state index contributed by atoms with van der Waals surface area (Å²) in [4.78, 5) is 12.3. The molecule has 160 valence electrons. The summed E-state index contributed by atoms with van der Waals surface area (Å²) in [6.45, 7) is 4.03. The molecule has 0 unspecified atom stereocenters. The Kier molecular flexibility index (Phi) is 5.51. The molecule has 0 bridgehead atoms. The topological polar surface area (TPSA) is 89.0 Å². The highest BCUT2D eigenvalue weighted by atomic mass is 35.5. The van der Waals surface area contributed by atoms with Gasteiger partial charge in [-0.3, -0.25) is 0 Å². The van der Waals surface area contributed by atoms with Gasteiger partial charge in [0.2, 0.25) is 0 Å². The average molecular weight is 441 g/mol. The predicted molar refractivity (Wildman–Crippen MR) is 116 cm³/mol. The van der Waals surface area contributed by atoms with Crippen LogP contribution < -0.4 is 15.2 Å². The molecule has 0 radical (unpaired) electrons. The summed E-state index contributed by atoms with van der Waals surface area (Å²) in [6.07, 6.45) is 0. The summed E-state index contributed by atoms with van der Waals surface area (Å²) in [5, 5.41) is 12.6. The third-order valence-electron chi connectivity index (χ3n) is 4.82. The Labute approximate surface area is 183 Å². The van der Waals surface area contributed by atoms with Gasteiger partial charge in [0.05, 0.1) is 34.8 Å². The molecule has 9 nitrogen and oxygen atoms in total. The Balaban J connectivity index is 1.64. The number of ether oxygens (including phenoxy) is 2. The van der Waals surface area contributed by atoms with Crippen molar-refractivity contribution >= 4 is 11.6 Å². The zero-order valence-electron chi connectivity index (χ0n) is 17.5. The summed E-state index contributed by atoms with van der Waals surface area (Å²) < 4.78 is 15.6. The third-order valence-corrected chi connectivity index (χ3v) is 5.12. The van der Waals surface area contributed by atoms with Gasteiger partial charge in [-0.2, -0.15) is 14.5 Å². The molecule has 2 aromatic carbocycles. The van der Waals surface area contributed by atoms with Gasteiger partial charge in [0, 0.05) is 12.7 Å². The average Bonchev–Trinajstić information content (AvgIpc) is 3.27. The van der Waals surface area contributed by atoms with Gasteiger partial charge in [-0.05, 0) is 60.7 Å². The molecule has 0 aliphatic heterocycles. The number of aromatic nitrogens is 6. The molecule has 0 N–H and O–H groups in total. The van der Waals surface area contributed by atoms with E-state index in [-0.39, 0.29) is 12.3 Å². The molecule has 0 atom stereocenters. The van der Waals surface area contributed by atoms with Gasteiger partial charge >= 0.3 is 5.69 Å². The van der Waals surface area contributed by atoms with Crippen molar-refractivity contribution in [3.05, 3.63) is 74.9 Å². The van der Waals surface area contributed by atoms with Crippen molar-refractivity contribution in [2.75, 3.05) is 7.11 Å². The fraction of sp³-hybridized carbons (Fsp3) is 0.238. The Bertz CT molecular complexity index is 1310. The van der Waals surface area contributed by atoms with E-state index in [2.05, 4.69) is 15.5 Å². The Morgan fingerprint density at radius 3 is 2.45 bits per heavy atom. The van der Waals surface area contributed by atoms with Crippen LogP contribution >= 0.6 is 11.6 Å². The fourth-order valence-electron chi connectivity index (χ4n) is 3.33. The lowest BCUT2D eigenvalue weighted by Crippen LogP contribution is -2.23. The van der Waals surface area contributed by atoms with E-state index in [1.54, 1.807) is 37.4 Å². The maximum atomic E-state index is 12.3. The molecule has 31 heavy (non-hydrogen) atoms. The minimum atomic E-state index is -0.373. The molecule has 2 aromatic heterocycles. The number of hydrogen-bond donors (Lipinski definition) is 0. The number of methoxy groups -OCH3 is 1. The fourth-order valence-corrected chi connectivity index (χ4v) is 3.56. The second-order valence-corrected chi connectivity index (χ2v) is 7.40. The molecule has 4 aromatic rings. The van der Waals surface area contributed by atoms with Crippen LogP contribution in [0.1, 0.15) is 17.0 Å². The Morgan fingerprint density at radius 1 is 1.03 bits per heavy atom. The molecule has 0 spiro atoms. The summed E-state index contributed by atoms with van der Waals surface area (Å²) >= 11 is 6.49. The van der Waals surface area contributed by atoms with Crippen molar-refractivity contribution in [1.82, 2.24) is 29.6 Å². The molecule has 0 aliphatic carbocycles. The Hall–Kier alpha value is -3.59. The first kappa shape index (κ1) is 20.7. The van der Waals surface area contributed by atoms with Crippen LogP contribution in [-0.4, -0.2) is 36.7 Å². The first-order valence-corrected chi connectivity index (χ1v) is 9.88. The highest BCUT2D eigenvalue weighted by Crippen LogP contribution is 2.31. The van der Waals surface area contributed by atoms with E-state index in [1.165, 1.54) is 11.7 Å². The zero-order chi connectivity index (χ0) is 22.1. The van der Waals surface area contributed by atoms with Gasteiger partial charge in [0.15, 0.2) is 0 Å². The van der Waals surface area contributed by atoms with Crippen molar-refractivity contribution in [2.24, 2.45) is 7.05 Å². The molecule has 0 amide bonds. The molecule has 0 aliphatic rings. The highest BCUT2D eigenvalue weighted by molar-refractivity contribution is 6.32. The summed E-state index contributed by atoms with van der Waals surface area (Å²) in [7, 11) is 3.09. The normalized spacial score (nSPS) is 11.0. The number of benzene rings is 2. The van der Waals surface area contributed by atoms with Crippen molar-refractivity contribution in [3.8, 4) is 22.9 Å². The summed E-state index contributed by atoms with van der Waals surface area (Å²) in [5.74, 6) is 1.06. The van der Waals surface area contributed by atoms with Gasteiger partial charge < -0.3 is 9.47 Å². The number of nitrogens with zero attached hydrogens (tertiary/aromatic N) is 6. The van der Waals surface area contributed by atoms with Crippen LogP contribution in [0.15, 0.2) is 47.3 Å². The van der Waals surface area contributed by atoms with Crippen LogP contribution in [0.2, 0.25) is 5.02 Å². The standard InChI is InChI=1S/C21H21ClN6O3/c1-13-10-14(2)27(23-13)15-8-9-20(17(22)11-15)31-12-16-18(6-5-7-19(16)30-4)28-21(29)26(3)24-25-28/h5-11H,12H2,1-4H3. The maximum absolute atomic E-state index is 12.3. The smallest absolute Gasteiger partial charge is 0.368 e. The number of aryl methyl sites for hydroxylation is 3. The lowest BCUT2D eigenvalue weighted by molar-refractivity contribution is 0.296. The first-order valence-electron chi connectivity index (χ1n) is 9.50. The SMILES string of the molecule is COc1cccc(-n2nnn(C)c2=O)c1COc1ccc(-n2nc(C)cc2C)cc1Cl. The van der Waals surface area contributed by atoms with Gasteiger partial charge in [-0.25, -0.2) is 9.48 Å². The van der Waals surface area contributed by atoms with Gasteiger partial charge in [-0.1, -0.05) is 17.7 Å². The molecular weight excluding hydrogens is 420 g/mol. The number of halogens is 1. The largest absolute Gasteiger partial charge is 0.496 e. The van der Waals surface area contributed by atoms with Crippen molar-refractivity contribution in [3.63, 3.8) is 0 Å². The van der Waals surface area contributed by atoms with E-state index in [0.29, 0.717) is 27.8 Å². The van der Waals surface area contributed by atoms with Crippen LogP contribution in [0, 0.1) is 13.8 Å². The highest BCUT2D eigenvalue weighted by Gasteiger charge is 2.17. The number of tetrazole rings is 1. The van der Waals surface area contributed by atoms with Crippen molar-refractivity contribution < 1.29 is 9.47 Å². The minimum Gasteiger partial charge on any atom is -0.496 e. The van der Waals surface area contributed by atoms with E-state index in [9.17, 15) is 4.79 Å². The van der Waals surface area contributed by atoms with Gasteiger partial charge in [-0.15, -0.1) is 0 Å². The van der Waals surface area contributed by atoms with E-state index in [4.69, 9.17) is 21.1 Å².